The molecular weight excluding hydrogens is 585 g/mol. The van der Waals surface area contributed by atoms with Crippen LogP contribution in [-0.2, 0) is 0 Å². The van der Waals surface area contributed by atoms with Crippen LogP contribution in [0.25, 0.3) is 76.3 Å². The van der Waals surface area contributed by atoms with Crippen molar-refractivity contribution in [2.45, 2.75) is 10.6 Å². The van der Waals surface area contributed by atoms with Gasteiger partial charge in [-0.25, -0.2) is 4.98 Å². The van der Waals surface area contributed by atoms with Crippen LogP contribution < -0.4 is 5.73 Å². The number of thioether (sulfide) groups is 1. The summed E-state index contributed by atoms with van der Waals surface area (Å²) in [5.41, 5.74) is 16.1. The maximum absolute atomic E-state index is 6.28. The predicted molar refractivity (Wildman–Crippen MR) is 195 cm³/mol. The maximum Gasteiger partial charge on any atom is 0.123 e. The third-order valence-electron chi connectivity index (χ3n) is 8.97. The number of benzene rings is 7. The van der Waals surface area contributed by atoms with E-state index >= 15 is 0 Å². The van der Waals surface area contributed by atoms with Crippen molar-refractivity contribution in [3.63, 3.8) is 0 Å². The molecule has 2 heterocycles. The van der Waals surface area contributed by atoms with Crippen molar-refractivity contribution in [3.05, 3.63) is 151 Å². The number of hydrogen-bond acceptors (Lipinski definition) is 4. The zero-order valence-corrected chi connectivity index (χ0v) is 26.0. The number of aromatic nitrogens is 1. The van der Waals surface area contributed by atoms with Crippen molar-refractivity contribution in [1.82, 2.24) is 4.98 Å². The molecule has 9 rings (SSSR count). The van der Waals surface area contributed by atoms with Crippen molar-refractivity contribution in [2.75, 3.05) is 0 Å². The van der Waals surface area contributed by atoms with Crippen LogP contribution in [0.1, 0.15) is 10.8 Å². The summed E-state index contributed by atoms with van der Waals surface area (Å²) >= 11 is 3.50. The van der Waals surface area contributed by atoms with Crippen molar-refractivity contribution in [2.24, 2.45) is 5.73 Å². The third kappa shape index (κ3) is 4.65. The number of rotatable bonds is 5. The number of thiazole rings is 1. The Kier molecular flexibility index (Phi) is 6.34. The summed E-state index contributed by atoms with van der Waals surface area (Å²) in [6.45, 7) is 0. The summed E-state index contributed by atoms with van der Waals surface area (Å²) in [4.78, 5) is 4.61. The fourth-order valence-electron chi connectivity index (χ4n) is 6.79. The van der Waals surface area contributed by atoms with Crippen molar-refractivity contribution in [3.8, 4) is 44.0 Å². The first-order valence-corrected chi connectivity index (χ1v) is 17.0. The van der Waals surface area contributed by atoms with Gasteiger partial charge in [0.15, 0.2) is 0 Å². The normalized spacial score (nSPS) is 16.0. The number of nitrogens with zero attached hydrogens (tertiary/aromatic N) is 1. The lowest BCUT2D eigenvalue weighted by molar-refractivity contribution is 0.992. The standard InChI is InChI=1S/C41H28N2S2/c42-40-39(45-40)31-11-5-9-29(22-31)38-34-14-4-3-13-33(34)37(30-10-6-12-32(23-30)41-43-19-20-44-41)35-18-17-28(24-36(35)38)27-16-15-25-7-1-2-8-26(25)21-27/h1-24,39-40H,42H2/t39-,40?/m0/s1. The fraction of sp³-hybridized carbons (Fsp3) is 0.0488. The third-order valence-corrected chi connectivity index (χ3v) is 10.9. The Hall–Kier alpha value is -4.74. The summed E-state index contributed by atoms with van der Waals surface area (Å²) in [5.74, 6) is 0. The minimum Gasteiger partial charge on any atom is -0.318 e. The van der Waals surface area contributed by atoms with Crippen LogP contribution in [0.5, 0.6) is 0 Å². The molecule has 1 unspecified atom stereocenters. The summed E-state index contributed by atoms with van der Waals surface area (Å²) in [5, 5.41) is 11.1. The second kappa shape index (κ2) is 10.7. The Morgan fingerprint density at radius 1 is 0.511 bits per heavy atom. The minimum absolute atomic E-state index is 0.181. The molecule has 0 bridgehead atoms. The first-order chi connectivity index (χ1) is 22.2. The van der Waals surface area contributed by atoms with Gasteiger partial charge in [0, 0.05) is 17.1 Å². The van der Waals surface area contributed by atoms with Crippen molar-refractivity contribution < 1.29 is 0 Å². The van der Waals surface area contributed by atoms with E-state index in [0.29, 0.717) is 5.25 Å². The van der Waals surface area contributed by atoms with Gasteiger partial charge in [-0.3, -0.25) is 0 Å². The average Bonchev–Trinajstić information content (AvgIpc) is 3.57. The van der Waals surface area contributed by atoms with Gasteiger partial charge in [-0.1, -0.05) is 109 Å². The van der Waals surface area contributed by atoms with Gasteiger partial charge >= 0.3 is 0 Å². The Labute approximate surface area is 270 Å². The summed E-state index contributed by atoms with van der Waals surface area (Å²) in [6.07, 6.45) is 1.88. The topological polar surface area (TPSA) is 38.9 Å². The predicted octanol–water partition coefficient (Wildman–Crippen LogP) is 11.3. The van der Waals surface area contributed by atoms with Crippen LogP contribution in [-0.4, -0.2) is 10.4 Å². The van der Waals surface area contributed by atoms with Gasteiger partial charge in [-0.05, 0) is 95.5 Å². The Morgan fingerprint density at radius 3 is 1.93 bits per heavy atom. The molecule has 0 spiro atoms. The monoisotopic (exact) mass is 612 g/mol. The van der Waals surface area contributed by atoms with E-state index in [1.165, 1.54) is 71.3 Å². The van der Waals surface area contributed by atoms with Gasteiger partial charge in [0.05, 0.1) is 10.6 Å². The summed E-state index contributed by atoms with van der Waals surface area (Å²) in [7, 11) is 0. The highest BCUT2D eigenvalue weighted by molar-refractivity contribution is 8.07. The lowest BCUT2D eigenvalue weighted by Crippen LogP contribution is -2.00. The molecule has 7 aromatic carbocycles. The highest BCUT2D eigenvalue weighted by Gasteiger charge is 2.36. The second-order valence-corrected chi connectivity index (χ2v) is 13.9. The van der Waals surface area contributed by atoms with Crippen LogP contribution in [0.4, 0.5) is 0 Å². The lowest BCUT2D eigenvalue weighted by atomic mass is 9.84. The van der Waals surface area contributed by atoms with Gasteiger partial charge in [0.1, 0.15) is 5.01 Å². The number of nitrogens with two attached hydrogens (primary N) is 1. The van der Waals surface area contributed by atoms with Gasteiger partial charge in [-0.15, -0.1) is 23.1 Å². The highest BCUT2D eigenvalue weighted by Crippen LogP contribution is 2.53. The number of hydrogen-bond donors (Lipinski definition) is 1. The van der Waals surface area contributed by atoms with Gasteiger partial charge in [0.25, 0.3) is 0 Å². The largest absolute Gasteiger partial charge is 0.318 e. The van der Waals surface area contributed by atoms with E-state index in [2.05, 4.69) is 138 Å². The zero-order chi connectivity index (χ0) is 29.9. The first-order valence-electron chi connectivity index (χ1n) is 15.2. The van der Waals surface area contributed by atoms with Crippen LogP contribution >= 0.6 is 23.1 Å². The molecule has 45 heavy (non-hydrogen) atoms. The highest BCUT2D eigenvalue weighted by atomic mass is 32.2. The molecule has 4 heteroatoms. The molecular formula is C41H28N2S2. The van der Waals surface area contributed by atoms with E-state index in [1.54, 1.807) is 11.3 Å². The van der Waals surface area contributed by atoms with E-state index in [-0.39, 0.29) is 5.37 Å². The molecule has 214 valence electrons. The quantitative estimate of drug-likeness (QED) is 0.155. The molecule has 1 fully saturated rings. The second-order valence-electron chi connectivity index (χ2n) is 11.7. The fourth-order valence-corrected chi connectivity index (χ4v) is 8.13. The van der Waals surface area contributed by atoms with Gasteiger partial charge in [-0.2, -0.15) is 0 Å². The molecule has 1 saturated heterocycles. The molecule has 0 saturated carbocycles. The molecule has 8 aromatic rings. The van der Waals surface area contributed by atoms with Gasteiger partial charge < -0.3 is 5.73 Å². The van der Waals surface area contributed by atoms with E-state index in [1.807, 2.05) is 23.3 Å². The molecule has 0 aliphatic carbocycles. The van der Waals surface area contributed by atoms with E-state index in [0.717, 1.165) is 10.6 Å². The van der Waals surface area contributed by atoms with E-state index in [4.69, 9.17) is 5.73 Å². The molecule has 1 aromatic heterocycles. The zero-order valence-electron chi connectivity index (χ0n) is 24.4. The summed E-state index contributed by atoms with van der Waals surface area (Å²) < 4.78 is 0. The lowest BCUT2D eigenvalue weighted by Gasteiger charge is -2.19. The first kappa shape index (κ1) is 26.6. The van der Waals surface area contributed by atoms with E-state index in [9.17, 15) is 0 Å². The van der Waals surface area contributed by atoms with Crippen LogP contribution in [0.3, 0.4) is 0 Å². The molecule has 0 amide bonds. The molecule has 2 nitrogen and oxygen atoms in total. The molecule has 2 N–H and O–H groups in total. The number of fused-ring (bicyclic) bond motifs is 3. The molecule has 1 aliphatic rings. The smallest absolute Gasteiger partial charge is 0.123 e. The maximum atomic E-state index is 6.28. The van der Waals surface area contributed by atoms with Crippen molar-refractivity contribution >= 4 is 55.4 Å². The summed E-state index contributed by atoms with van der Waals surface area (Å²) in [6, 6.07) is 49.1. The van der Waals surface area contributed by atoms with Crippen LogP contribution in [0.15, 0.2) is 145 Å². The molecule has 1 aliphatic heterocycles. The Balaban J connectivity index is 1.35. The van der Waals surface area contributed by atoms with Gasteiger partial charge in [0.2, 0.25) is 0 Å². The van der Waals surface area contributed by atoms with Crippen LogP contribution in [0, 0.1) is 0 Å². The SMILES string of the molecule is NC1S[C@H]1c1cccc(-c2c3ccccc3c(-c3cccc(-c4nccs4)c3)c3ccc(-c4ccc5ccccc5c4)cc23)c1. The van der Waals surface area contributed by atoms with Crippen molar-refractivity contribution in [1.29, 1.82) is 0 Å². The Bertz CT molecular complexity index is 2390. The average molecular weight is 613 g/mol. The van der Waals surface area contributed by atoms with Crippen LogP contribution in [0.2, 0.25) is 0 Å². The Morgan fingerprint density at radius 2 is 1.16 bits per heavy atom. The molecule has 0 radical (unpaired) electrons. The minimum atomic E-state index is 0.181. The molecule has 2 atom stereocenters. The van der Waals surface area contributed by atoms with E-state index < -0.39 is 0 Å².